The Balaban J connectivity index is 3.02. The first-order chi connectivity index (χ1) is 9.70. The van der Waals surface area contributed by atoms with Crippen molar-refractivity contribution >= 4 is 21.8 Å². The predicted molar refractivity (Wildman–Crippen MR) is 79.8 cm³/mol. The lowest BCUT2D eigenvalue weighted by Gasteiger charge is -2.28. The number of hydrogen-bond donors (Lipinski definition) is 1. The number of hydrogen-bond acceptors (Lipinski definition) is 5. The van der Waals surface area contributed by atoms with Crippen LogP contribution < -0.4 is 4.90 Å². The fourth-order valence-corrected chi connectivity index (χ4v) is 2.82. The summed E-state index contributed by atoms with van der Waals surface area (Å²) in [5.41, 5.74) is 0. The largest absolute Gasteiger partial charge is 0.481 e. The first-order valence-electron chi connectivity index (χ1n) is 6.57. The zero-order valence-corrected chi connectivity index (χ0v) is 13.5. The molecule has 0 aromatic carbocycles. The Hall–Kier alpha value is -1.67. The minimum absolute atomic E-state index is 0.00668. The Kier molecular flexibility index (Phi) is 5.68. The number of carboxylic acids is 1. The van der Waals surface area contributed by atoms with Crippen molar-refractivity contribution in [3.05, 3.63) is 18.3 Å². The van der Waals surface area contributed by atoms with Crippen LogP contribution in [0.5, 0.6) is 0 Å². The molecule has 0 bridgehead atoms. The Bertz CT molecular complexity index is 584. The molecule has 8 heteroatoms. The molecule has 0 saturated heterocycles. The van der Waals surface area contributed by atoms with Crippen molar-refractivity contribution < 1.29 is 18.3 Å². The Morgan fingerprint density at radius 2 is 2.00 bits per heavy atom. The fraction of sp³-hybridized carbons (Fsp3) is 0.538. The molecule has 1 aromatic heterocycles. The van der Waals surface area contributed by atoms with Crippen LogP contribution in [0.15, 0.2) is 23.2 Å². The number of aliphatic carboxylic acids is 1. The smallest absolute Gasteiger partial charge is 0.305 e. The van der Waals surface area contributed by atoms with Crippen LogP contribution in [-0.4, -0.2) is 55.5 Å². The molecule has 1 aromatic rings. The molecule has 21 heavy (non-hydrogen) atoms. The lowest BCUT2D eigenvalue weighted by Crippen LogP contribution is -2.35. The van der Waals surface area contributed by atoms with Crippen LogP contribution in [0.2, 0.25) is 0 Å². The van der Waals surface area contributed by atoms with Crippen LogP contribution in [-0.2, 0) is 14.8 Å². The van der Waals surface area contributed by atoms with E-state index in [1.165, 1.54) is 26.4 Å². The maximum absolute atomic E-state index is 12.0. The number of carboxylic acid groups (broad SMARTS) is 1. The molecule has 0 amide bonds. The van der Waals surface area contributed by atoms with Crippen LogP contribution in [0.1, 0.15) is 20.3 Å². The van der Waals surface area contributed by atoms with Crippen LogP contribution in [0, 0.1) is 0 Å². The molecule has 1 N–H and O–H groups in total. The van der Waals surface area contributed by atoms with Crippen molar-refractivity contribution in [3.8, 4) is 0 Å². The van der Waals surface area contributed by atoms with Crippen LogP contribution >= 0.6 is 0 Å². The minimum atomic E-state index is -3.51. The van der Waals surface area contributed by atoms with Gasteiger partial charge in [-0.2, -0.15) is 0 Å². The number of pyridine rings is 1. The molecule has 1 heterocycles. The summed E-state index contributed by atoms with van der Waals surface area (Å²) >= 11 is 0. The molecule has 0 spiro atoms. The molecular weight excluding hydrogens is 294 g/mol. The molecule has 0 radical (unpaired) electrons. The lowest BCUT2D eigenvalue weighted by atomic mass is 10.2. The van der Waals surface area contributed by atoms with Gasteiger partial charge in [-0.1, -0.05) is 0 Å². The molecule has 1 rings (SSSR count). The fourth-order valence-electron chi connectivity index (χ4n) is 1.97. The highest BCUT2D eigenvalue weighted by Gasteiger charge is 2.20. The highest BCUT2D eigenvalue weighted by atomic mass is 32.2. The highest BCUT2D eigenvalue weighted by Crippen LogP contribution is 2.19. The average Bonchev–Trinajstić information content (AvgIpc) is 2.39. The second-order valence-electron chi connectivity index (χ2n) is 4.87. The standard InChI is InChI=1S/C13H21N3O4S/c1-5-16(10(2)8-13(17)18)12-7-6-11(9-14-12)21(19,20)15(3)4/h6-7,9-10H,5,8H2,1-4H3,(H,17,18). The number of anilines is 1. The molecule has 1 atom stereocenters. The van der Waals surface area contributed by atoms with E-state index in [0.29, 0.717) is 12.4 Å². The molecule has 0 aliphatic carbocycles. The molecule has 1 unspecified atom stereocenters. The number of nitrogens with zero attached hydrogens (tertiary/aromatic N) is 3. The van der Waals surface area contributed by atoms with E-state index in [0.717, 1.165) is 4.31 Å². The summed E-state index contributed by atoms with van der Waals surface area (Å²) in [4.78, 5) is 16.9. The maximum Gasteiger partial charge on any atom is 0.305 e. The van der Waals surface area contributed by atoms with E-state index in [9.17, 15) is 13.2 Å². The van der Waals surface area contributed by atoms with E-state index in [4.69, 9.17) is 5.11 Å². The van der Waals surface area contributed by atoms with E-state index >= 15 is 0 Å². The van der Waals surface area contributed by atoms with Crippen LogP contribution in [0.3, 0.4) is 0 Å². The molecular formula is C13H21N3O4S. The van der Waals surface area contributed by atoms with Gasteiger partial charge in [-0.25, -0.2) is 17.7 Å². The van der Waals surface area contributed by atoms with Crippen molar-refractivity contribution in [3.63, 3.8) is 0 Å². The Morgan fingerprint density at radius 1 is 1.38 bits per heavy atom. The normalized spacial score (nSPS) is 13.2. The number of rotatable bonds is 7. The monoisotopic (exact) mass is 315 g/mol. The van der Waals surface area contributed by atoms with Crippen molar-refractivity contribution in [2.45, 2.75) is 31.2 Å². The van der Waals surface area contributed by atoms with E-state index in [-0.39, 0.29) is 17.4 Å². The van der Waals surface area contributed by atoms with E-state index in [2.05, 4.69) is 4.98 Å². The van der Waals surface area contributed by atoms with Gasteiger partial charge < -0.3 is 10.0 Å². The number of aromatic nitrogens is 1. The Labute approximate surface area is 125 Å². The van der Waals surface area contributed by atoms with Gasteiger partial charge in [-0.05, 0) is 26.0 Å². The third kappa shape index (κ3) is 4.15. The zero-order valence-electron chi connectivity index (χ0n) is 12.6. The van der Waals surface area contributed by atoms with Gasteiger partial charge in [-0.3, -0.25) is 4.79 Å². The quantitative estimate of drug-likeness (QED) is 0.808. The summed E-state index contributed by atoms with van der Waals surface area (Å²) in [5, 5.41) is 8.86. The van der Waals surface area contributed by atoms with E-state index in [1.54, 1.807) is 13.0 Å². The Morgan fingerprint density at radius 3 is 2.38 bits per heavy atom. The summed E-state index contributed by atoms with van der Waals surface area (Å²) in [5.74, 6) is -0.322. The summed E-state index contributed by atoms with van der Waals surface area (Å²) < 4.78 is 25.0. The average molecular weight is 315 g/mol. The van der Waals surface area contributed by atoms with Gasteiger partial charge in [0.2, 0.25) is 10.0 Å². The topological polar surface area (TPSA) is 90.8 Å². The van der Waals surface area contributed by atoms with Gasteiger partial charge in [0.05, 0.1) is 6.42 Å². The predicted octanol–water partition coefficient (Wildman–Crippen LogP) is 1.02. The molecule has 0 saturated carbocycles. The highest BCUT2D eigenvalue weighted by molar-refractivity contribution is 7.89. The first kappa shape index (κ1) is 17.4. The molecule has 0 aliphatic rings. The van der Waals surface area contributed by atoms with Gasteiger partial charge in [-0.15, -0.1) is 0 Å². The van der Waals surface area contributed by atoms with Gasteiger partial charge in [0.1, 0.15) is 10.7 Å². The van der Waals surface area contributed by atoms with Crippen molar-refractivity contribution in [1.29, 1.82) is 0 Å². The third-order valence-electron chi connectivity index (χ3n) is 3.14. The van der Waals surface area contributed by atoms with Crippen LogP contribution in [0.4, 0.5) is 5.82 Å². The maximum atomic E-state index is 12.0. The van der Waals surface area contributed by atoms with Crippen molar-refractivity contribution in [2.75, 3.05) is 25.5 Å². The molecule has 118 valence electrons. The van der Waals surface area contributed by atoms with Crippen LogP contribution in [0.25, 0.3) is 0 Å². The number of sulfonamides is 1. The van der Waals surface area contributed by atoms with Crippen molar-refractivity contribution in [1.82, 2.24) is 9.29 Å². The molecule has 0 fully saturated rings. The zero-order chi connectivity index (χ0) is 16.2. The summed E-state index contributed by atoms with van der Waals surface area (Å²) in [6.07, 6.45) is 1.29. The van der Waals surface area contributed by atoms with Crippen molar-refractivity contribution in [2.24, 2.45) is 0 Å². The summed E-state index contributed by atoms with van der Waals surface area (Å²) in [7, 11) is -0.597. The van der Waals surface area contributed by atoms with E-state index in [1.807, 2.05) is 11.8 Å². The van der Waals surface area contributed by atoms with E-state index < -0.39 is 16.0 Å². The van der Waals surface area contributed by atoms with Gasteiger partial charge in [0.15, 0.2) is 0 Å². The lowest BCUT2D eigenvalue weighted by molar-refractivity contribution is -0.137. The third-order valence-corrected chi connectivity index (χ3v) is 4.93. The number of carbonyl (C=O) groups is 1. The second-order valence-corrected chi connectivity index (χ2v) is 7.02. The van der Waals surface area contributed by atoms with Gasteiger partial charge in [0.25, 0.3) is 0 Å². The SMILES string of the molecule is CCN(c1ccc(S(=O)(=O)N(C)C)cn1)C(C)CC(=O)O. The van der Waals surface area contributed by atoms with Gasteiger partial charge in [0, 0.05) is 32.9 Å². The summed E-state index contributed by atoms with van der Waals surface area (Å²) in [6.45, 7) is 4.27. The molecule has 0 aliphatic heterocycles. The minimum Gasteiger partial charge on any atom is -0.481 e. The first-order valence-corrected chi connectivity index (χ1v) is 8.01. The van der Waals surface area contributed by atoms with Gasteiger partial charge >= 0.3 is 5.97 Å². The summed E-state index contributed by atoms with van der Waals surface area (Å²) in [6, 6.07) is 2.85. The molecule has 7 nitrogen and oxygen atoms in total. The second kappa shape index (κ2) is 6.86.